The van der Waals surface area contributed by atoms with Gasteiger partial charge < -0.3 is 14.2 Å². The van der Waals surface area contributed by atoms with Crippen LogP contribution in [0.15, 0.2) is 59.8 Å². The van der Waals surface area contributed by atoms with Crippen molar-refractivity contribution in [3.63, 3.8) is 0 Å². The molecule has 1 saturated heterocycles. The summed E-state index contributed by atoms with van der Waals surface area (Å²) in [6, 6.07) is 15.1. The molecule has 0 spiro atoms. The molecule has 3 aromatic carbocycles. The predicted molar refractivity (Wildman–Crippen MR) is 169 cm³/mol. The summed E-state index contributed by atoms with van der Waals surface area (Å²) in [4.78, 5) is 7.28. The van der Waals surface area contributed by atoms with Crippen LogP contribution in [0.3, 0.4) is 0 Å². The van der Waals surface area contributed by atoms with E-state index in [0.29, 0.717) is 41.9 Å². The zero-order valence-corrected chi connectivity index (χ0v) is 26.7. The van der Waals surface area contributed by atoms with Gasteiger partial charge in [-0.05, 0) is 92.3 Å². The molecule has 1 aliphatic carbocycles. The van der Waals surface area contributed by atoms with Crippen molar-refractivity contribution in [2.24, 2.45) is 0 Å². The van der Waals surface area contributed by atoms with Gasteiger partial charge in [0.05, 0.1) is 38.8 Å². The molecule has 2 heterocycles. The minimum absolute atomic E-state index is 0.0180. The van der Waals surface area contributed by atoms with E-state index in [0.717, 1.165) is 61.5 Å². The minimum atomic E-state index is -0.556. The summed E-state index contributed by atoms with van der Waals surface area (Å²) in [6.45, 7) is 5.94. The van der Waals surface area contributed by atoms with Crippen LogP contribution in [0.4, 0.5) is 13.2 Å². The molecule has 45 heavy (non-hydrogen) atoms. The summed E-state index contributed by atoms with van der Waals surface area (Å²) in [5.74, 6) is -0.127. The number of methoxy groups -OCH3 is 2. The van der Waals surface area contributed by atoms with Crippen molar-refractivity contribution in [3.05, 3.63) is 100 Å². The Labute approximate surface area is 266 Å². The Hall–Kier alpha value is -3.47. The summed E-state index contributed by atoms with van der Waals surface area (Å²) in [7, 11) is 3.22. The first-order valence-corrected chi connectivity index (χ1v) is 16.3. The first-order valence-electron chi connectivity index (χ1n) is 15.3. The lowest BCUT2D eigenvalue weighted by Gasteiger charge is -2.36. The number of fused-ring (bicyclic) bond motifs is 1. The number of aromatic nitrogens is 2. The molecule has 4 aromatic rings. The second kappa shape index (κ2) is 13.5. The van der Waals surface area contributed by atoms with Gasteiger partial charge in [-0.2, -0.15) is 0 Å². The van der Waals surface area contributed by atoms with E-state index in [1.807, 2.05) is 22.8 Å². The zero-order valence-electron chi connectivity index (χ0n) is 25.9. The van der Waals surface area contributed by atoms with Gasteiger partial charge in [0.15, 0.2) is 16.7 Å². The van der Waals surface area contributed by atoms with Crippen LogP contribution < -0.4 is 9.47 Å². The van der Waals surface area contributed by atoms with Crippen LogP contribution in [0, 0.1) is 17.5 Å². The number of aryl methyl sites for hydroxylation is 1. The van der Waals surface area contributed by atoms with Crippen LogP contribution >= 0.6 is 11.8 Å². The molecule has 238 valence electrons. The maximum absolute atomic E-state index is 15.4. The van der Waals surface area contributed by atoms with Gasteiger partial charge in [0.1, 0.15) is 17.5 Å². The summed E-state index contributed by atoms with van der Waals surface area (Å²) in [5, 5.41) is 0.607. The van der Waals surface area contributed by atoms with E-state index in [1.165, 1.54) is 36.0 Å². The van der Waals surface area contributed by atoms with Gasteiger partial charge in [0, 0.05) is 42.1 Å². The van der Waals surface area contributed by atoms with Crippen molar-refractivity contribution in [2.45, 2.75) is 48.9 Å². The van der Waals surface area contributed by atoms with E-state index >= 15 is 8.78 Å². The van der Waals surface area contributed by atoms with Crippen molar-refractivity contribution >= 4 is 11.8 Å². The van der Waals surface area contributed by atoms with Crippen LogP contribution in [0.5, 0.6) is 11.5 Å². The van der Waals surface area contributed by atoms with Crippen LogP contribution in [-0.4, -0.2) is 61.5 Å². The molecular formula is C35H38F3N3O3S. The average Bonchev–Trinajstić information content (AvgIpc) is 3.43. The normalized spacial score (nSPS) is 18.5. The Bertz CT molecular complexity index is 1630. The third-order valence-electron chi connectivity index (χ3n) is 9.00. The van der Waals surface area contributed by atoms with Gasteiger partial charge >= 0.3 is 0 Å². The number of hydrogen-bond acceptors (Lipinski definition) is 6. The quantitative estimate of drug-likeness (QED) is 0.173. The number of nitrogens with zero attached hydrogens (tertiary/aromatic N) is 3. The second-order valence-corrected chi connectivity index (χ2v) is 12.7. The van der Waals surface area contributed by atoms with E-state index in [2.05, 4.69) is 11.8 Å². The van der Waals surface area contributed by atoms with Crippen molar-refractivity contribution < 1.29 is 27.4 Å². The van der Waals surface area contributed by atoms with E-state index in [1.54, 1.807) is 26.4 Å². The Morgan fingerprint density at radius 1 is 0.933 bits per heavy atom. The van der Waals surface area contributed by atoms with Crippen LogP contribution in [0.25, 0.3) is 5.69 Å². The zero-order chi connectivity index (χ0) is 31.6. The number of thioether (sulfide) groups is 1. The monoisotopic (exact) mass is 637 g/mol. The summed E-state index contributed by atoms with van der Waals surface area (Å²) in [6.07, 6.45) is 3.09. The van der Waals surface area contributed by atoms with Gasteiger partial charge in [-0.25, -0.2) is 18.2 Å². The Morgan fingerprint density at radius 2 is 1.64 bits per heavy atom. The number of morpholine rings is 1. The number of rotatable bonds is 10. The molecule has 1 aromatic heterocycles. The molecule has 6 nitrogen and oxygen atoms in total. The fourth-order valence-electron chi connectivity index (χ4n) is 6.48. The third kappa shape index (κ3) is 6.46. The lowest BCUT2D eigenvalue weighted by Crippen LogP contribution is -2.37. The van der Waals surface area contributed by atoms with Crippen molar-refractivity contribution in [1.29, 1.82) is 0 Å². The predicted octanol–water partition coefficient (Wildman–Crippen LogP) is 7.12. The number of halogens is 3. The smallest absolute Gasteiger partial charge is 0.173 e. The van der Waals surface area contributed by atoms with Gasteiger partial charge in [-0.3, -0.25) is 9.47 Å². The standard InChI is InChI=1S/C35H38F3N3O3S/c1-35(24-6-11-31(42-2)32(21-24)43-3)13-4-5-30-33(35)41(26-9-7-25(36)8-10-26)34(39-30)45-22-27-28(37)19-23(20-29(27)38)12-14-40-15-17-44-18-16-40/h6-11,19-21H,4-5,12-18,22H2,1-3H3. The highest BCUT2D eigenvalue weighted by molar-refractivity contribution is 7.98. The van der Waals surface area contributed by atoms with Gasteiger partial charge in [0.2, 0.25) is 0 Å². The Balaban J connectivity index is 1.34. The molecule has 0 bridgehead atoms. The fourth-order valence-corrected chi connectivity index (χ4v) is 7.53. The lowest BCUT2D eigenvalue weighted by molar-refractivity contribution is 0.0384. The molecule has 1 fully saturated rings. The number of benzene rings is 3. The number of imidazole rings is 1. The molecule has 1 atom stereocenters. The topological polar surface area (TPSA) is 48.8 Å². The van der Waals surface area contributed by atoms with Crippen LogP contribution in [-0.2, 0) is 28.7 Å². The maximum Gasteiger partial charge on any atom is 0.173 e. The first kappa shape index (κ1) is 31.5. The first-order chi connectivity index (χ1) is 21.8. The van der Waals surface area contributed by atoms with E-state index in [-0.39, 0.29) is 17.1 Å². The highest BCUT2D eigenvalue weighted by atomic mass is 32.2. The van der Waals surface area contributed by atoms with Gasteiger partial charge in [-0.15, -0.1) is 0 Å². The highest BCUT2D eigenvalue weighted by Gasteiger charge is 2.40. The Morgan fingerprint density at radius 3 is 2.33 bits per heavy atom. The lowest BCUT2D eigenvalue weighted by atomic mass is 9.71. The second-order valence-electron chi connectivity index (χ2n) is 11.8. The highest BCUT2D eigenvalue weighted by Crippen LogP contribution is 2.47. The molecule has 0 N–H and O–H groups in total. The molecule has 1 unspecified atom stereocenters. The van der Waals surface area contributed by atoms with Gasteiger partial charge in [0.25, 0.3) is 0 Å². The molecule has 1 aliphatic heterocycles. The van der Waals surface area contributed by atoms with Crippen molar-refractivity contribution in [1.82, 2.24) is 14.5 Å². The van der Waals surface area contributed by atoms with Crippen molar-refractivity contribution in [2.75, 3.05) is 47.1 Å². The summed E-state index contributed by atoms with van der Waals surface area (Å²) in [5.41, 5.74) is 3.86. The molecule has 0 radical (unpaired) electrons. The number of hydrogen-bond donors (Lipinski definition) is 0. The molecular weight excluding hydrogens is 599 g/mol. The van der Waals surface area contributed by atoms with Crippen LogP contribution in [0.2, 0.25) is 0 Å². The molecule has 10 heteroatoms. The van der Waals surface area contributed by atoms with E-state index in [4.69, 9.17) is 19.2 Å². The van der Waals surface area contributed by atoms with Crippen LogP contribution in [0.1, 0.15) is 47.8 Å². The minimum Gasteiger partial charge on any atom is -0.493 e. The van der Waals surface area contributed by atoms with E-state index < -0.39 is 17.0 Å². The van der Waals surface area contributed by atoms with E-state index in [9.17, 15) is 4.39 Å². The third-order valence-corrected chi connectivity index (χ3v) is 9.97. The number of ether oxygens (including phenoxy) is 3. The molecule has 0 amide bonds. The SMILES string of the molecule is COc1ccc(C2(C)CCCc3nc(SCc4c(F)cc(CCN5CCOCC5)cc4F)n(-c4ccc(F)cc4)c32)cc1OC. The Kier molecular flexibility index (Phi) is 9.44. The maximum atomic E-state index is 15.4. The largest absolute Gasteiger partial charge is 0.493 e. The summed E-state index contributed by atoms with van der Waals surface area (Å²) >= 11 is 1.28. The fraction of sp³-hybridized carbons (Fsp3) is 0.400. The molecule has 0 saturated carbocycles. The van der Waals surface area contributed by atoms with Gasteiger partial charge in [-0.1, -0.05) is 17.8 Å². The molecule has 6 rings (SSSR count). The molecule has 2 aliphatic rings. The summed E-state index contributed by atoms with van der Waals surface area (Å²) < 4.78 is 63.3. The van der Waals surface area contributed by atoms with Crippen molar-refractivity contribution in [3.8, 4) is 17.2 Å². The average molecular weight is 638 g/mol.